The Morgan fingerprint density at radius 2 is 1.15 bits per heavy atom. The monoisotopic (exact) mass is 187 g/mol. The Bertz CT molecular complexity index is 218. The minimum Gasteiger partial charge on any atom is -0.549 e. The molecule has 0 aromatic carbocycles. The van der Waals surface area contributed by atoms with E-state index in [1.165, 1.54) is 0 Å². The second-order valence-electron chi connectivity index (χ2n) is 2.83. The fraction of sp³-hybridized carbons (Fsp3) is 0.571. The van der Waals surface area contributed by atoms with Crippen LogP contribution in [0.1, 0.15) is 13.8 Å². The Hall–Kier alpha value is -1.59. The van der Waals surface area contributed by atoms with E-state index in [0.717, 1.165) is 13.8 Å². The summed E-state index contributed by atoms with van der Waals surface area (Å²) in [4.78, 5) is 31.2. The molecule has 0 fully saturated rings. The highest BCUT2D eigenvalue weighted by atomic mass is 16.4. The van der Waals surface area contributed by atoms with Crippen molar-refractivity contribution in [2.24, 2.45) is 11.3 Å². The van der Waals surface area contributed by atoms with Crippen LogP contribution in [0.5, 0.6) is 0 Å². The molecule has 0 rings (SSSR count). The molecule has 0 unspecified atom stereocenters. The summed E-state index contributed by atoms with van der Waals surface area (Å²) >= 11 is 0. The number of rotatable bonds is 4. The number of carbonyl (C=O) groups excluding carboxylic acids is 3. The lowest BCUT2D eigenvalue weighted by atomic mass is 9.77. The Balaban J connectivity index is 5.46. The Kier molecular flexibility index (Phi) is 3.00. The van der Waals surface area contributed by atoms with Gasteiger partial charge in [0.2, 0.25) is 0 Å². The van der Waals surface area contributed by atoms with Gasteiger partial charge in [0.25, 0.3) is 0 Å². The molecule has 74 valence electrons. The summed E-state index contributed by atoms with van der Waals surface area (Å²) in [5.74, 6) is -7.92. The molecule has 0 bridgehead atoms. The van der Waals surface area contributed by atoms with Crippen molar-refractivity contribution in [3.63, 3.8) is 0 Å². The first-order chi connectivity index (χ1) is 5.77. The van der Waals surface area contributed by atoms with Crippen LogP contribution in [0, 0.1) is 11.3 Å². The molecule has 0 aromatic rings. The Morgan fingerprint density at radius 1 is 0.923 bits per heavy atom. The first-order valence-electron chi connectivity index (χ1n) is 3.42. The third-order valence-electron chi connectivity index (χ3n) is 1.83. The van der Waals surface area contributed by atoms with Crippen LogP contribution in [0.2, 0.25) is 0 Å². The van der Waals surface area contributed by atoms with Crippen LogP contribution in [-0.2, 0) is 14.4 Å². The second-order valence-corrected chi connectivity index (χ2v) is 2.83. The number of carboxylic acid groups (broad SMARTS) is 3. The van der Waals surface area contributed by atoms with Crippen LogP contribution < -0.4 is 15.3 Å². The molecular formula is C7H7O6-3. The van der Waals surface area contributed by atoms with Gasteiger partial charge < -0.3 is 29.7 Å². The highest BCUT2D eigenvalue weighted by molar-refractivity contribution is 6.14. The van der Waals surface area contributed by atoms with Crippen molar-refractivity contribution < 1.29 is 29.7 Å². The summed E-state index contributed by atoms with van der Waals surface area (Å²) in [7, 11) is 0. The summed E-state index contributed by atoms with van der Waals surface area (Å²) in [5, 5.41) is 31.2. The fourth-order valence-electron chi connectivity index (χ4n) is 0.957. The molecule has 0 atom stereocenters. The molecule has 0 aliphatic heterocycles. The molecule has 13 heavy (non-hydrogen) atoms. The Morgan fingerprint density at radius 3 is 1.15 bits per heavy atom. The normalized spacial score (nSPS) is 11.3. The maximum atomic E-state index is 10.4. The van der Waals surface area contributed by atoms with Crippen LogP contribution in [0.25, 0.3) is 0 Å². The van der Waals surface area contributed by atoms with Crippen LogP contribution >= 0.6 is 0 Å². The third-order valence-corrected chi connectivity index (χ3v) is 1.83. The van der Waals surface area contributed by atoms with Crippen molar-refractivity contribution in [2.75, 3.05) is 0 Å². The molecule has 0 saturated carbocycles. The first kappa shape index (κ1) is 11.4. The zero-order valence-electron chi connectivity index (χ0n) is 7.03. The third kappa shape index (κ3) is 1.47. The predicted molar refractivity (Wildman–Crippen MR) is 32.3 cm³/mol. The largest absolute Gasteiger partial charge is 0.549 e. The maximum Gasteiger partial charge on any atom is 0.0910 e. The van der Waals surface area contributed by atoms with Gasteiger partial charge in [0, 0.05) is 0 Å². The van der Waals surface area contributed by atoms with E-state index in [0.29, 0.717) is 0 Å². The summed E-state index contributed by atoms with van der Waals surface area (Å²) in [6.45, 7) is 2.22. The van der Waals surface area contributed by atoms with Gasteiger partial charge in [-0.3, -0.25) is 0 Å². The second kappa shape index (κ2) is 3.42. The van der Waals surface area contributed by atoms with Gasteiger partial charge in [-0.15, -0.1) is 0 Å². The van der Waals surface area contributed by atoms with Crippen LogP contribution in [0.4, 0.5) is 0 Å². The minimum absolute atomic E-state index is 1.11. The predicted octanol–water partition coefficient (Wildman–Crippen LogP) is -4.12. The Labute approximate surface area is 73.8 Å². The number of carboxylic acids is 3. The lowest BCUT2D eigenvalue weighted by molar-refractivity contribution is -0.364. The molecule has 0 aliphatic rings. The molecule has 0 amide bonds. The van der Waals surface area contributed by atoms with Crippen molar-refractivity contribution >= 4 is 17.9 Å². The van der Waals surface area contributed by atoms with Gasteiger partial charge in [-0.1, -0.05) is 13.8 Å². The number of hydrogen-bond acceptors (Lipinski definition) is 6. The minimum atomic E-state index is -3.08. The number of carbonyl (C=O) groups is 3. The standard InChI is InChI=1S/C7H10O6/c1-3(2)7(4(8)9,5(10)11)6(12)13/h3H,1-2H3,(H,8,9)(H,10,11)(H,12,13)/p-3. The molecule has 0 aliphatic carbocycles. The number of hydrogen-bond donors (Lipinski definition) is 0. The van der Waals surface area contributed by atoms with E-state index in [1.54, 1.807) is 0 Å². The van der Waals surface area contributed by atoms with Crippen LogP contribution in [0.3, 0.4) is 0 Å². The molecule has 0 heterocycles. The van der Waals surface area contributed by atoms with Gasteiger partial charge in [-0.05, 0) is 5.92 Å². The molecule has 0 spiro atoms. The zero-order chi connectivity index (χ0) is 10.8. The average molecular weight is 187 g/mol. The van der Waals surface area contributed by atoms with Gasteiger partial charge >= 0.3 is 0 Å². The van der Waals surface area contributed by atoms with Crippen molar-refractivity contribution in [1.29, 1.82) is 0 Å². The average Bonchev–Trinajstić information content (AvgIpc) is 1.82. The SMILES string of the molecule is CC(C)C(C(=O)[O-])(C(=O)[O-])C(=O)[O-]. The lowest BCUT2D eigenvalue weighted by Crippen LogP contribution is -2.64. The molecule has 0 N–H and O–H groups in total. The van der Waals surface area contributed by atoms with E-state index in [-0.39, 0.29) is 0 Å². The lowest BCUT2D eigenvalue weighted by Gasteiger charge is -2.39. The zero-order valence-corrected chi connectivity index (χ0v) is 7.03. The van der Waals surface area contributed by atoms with E-state index >= 15 is 0 Å². The molecule has 0 saturated heterocycles. The first-order valence-corrected chi connectivity index (χ1v) is 3.42. The van der Waals surface area contributed by atoms with Gasteiger partial charge in [-0.25, -0.2) is 0 Å². The summed E-state index contributed by atoms with van der Waals surface area (Å²) in [5.41, 5.74) is -3.08. The molecule has 0 radical (unpaired) electrons. The van der Waals surface area contributed by atoms with E-state index in [9.17, 15) is 29.7 Å². The van der Waals surface area contributed by atoms with Gasteiger partial charge in [-0.2, -0.15) is 0 Å². The summed E-state index contributed by atoms with van der Waals surface area (Å²) in [6, 6.07) is 0. The summed E-state index contributed by atoms with van der Waals surface area (Å²) in [6.07, 6.45) is 0. The van der Waals surface area contributed by atoms with Crippen molar-refractivity contribution in [3.8, 4) is 0 Å². The van der Waals surface area contributed by atoms with Crippen molar-refractivity contribution in [2.45, 2.75) is 13.8 Å². The van der Waals surface area contributed by atoms with E-state index in [2.05, 4.69) is 0 Å². The maximum absolute atomic E-state index is 10.4. The molecule has 0 aromatic heterocycles. The quantitative estimate of drug-likeness (QED) is 0.412. The van der Waals surface area contributed by atoms with Crippen molar-refractivity contribution in [1.82, 2.24) is 0 Å². The van der Waals surface area contributed by atoms with Crippen LogP contribution in [0.15, 0.2) is 0 Å². The number of aliphatic carboxylic acids is 3. The van der Waals surface area contributed by atoms with E-state index in [4.69, 9.17) is 0 Å². The smallest absolute Gasteiger partial charge is 0.0910 e. The van der Waals surface area contributed by atoms with E-state index in [1.807, 2.05) is 0 Å². The van der Waals surface area contributed by atoms with E-state index < -0.39 is 29.2 Å². The topological polar surface area (TPSA) is 120 Å². The van der Waals surface area contributed by atoms with Crippen LogP contribution in [-0.4, -0.2) is 17.9 Å². The molecule has 6 nitrogen and oxygen atoms in total. The highest BCUT2D eigenvalue weighted by Crippen LogP contribution is 2.25. The van der Waals surface area contributed by atoms with Gasteiger partial charge in [0.15, 0.2) is 0 Å². The van der Waals surface area contributed by atoms with Gasteiger partial charge in [0.1, 0.15) is 0 Å². The van der Waals surface area contributed by atoms with Gasteiger partial charge in [0.05, 0.1) is 23.3 Å². The molecular weight excluding hydrogens is 180 g/mol. The summed E-state index contributed by atoms with van der Waals surface area (Å²) < 4.78 is 0. The molecule has 6 heteroatoms. The highest BCUT2D eigenvalue weighted by Gasteiger charge is 2.39. The van der Waals surface area contributed by atoms with Crippen molar-refractivity contribution in [3.05, 3.63) is 0 Å². The fourth-order valence-corrected chi connectivity index (χ4v) is 0.957.